The van der Waals surface area contributed by atoms with Crippen molar-refractivity contribution in [2.24, 2.45) is 5.10 Å². The van der Waals surface area contributed by atoms with E-state index in [-0.39, 0.29) is 11.3 Å². The summed E-state index contributed by atoms with van der Waals surface area (Å²) in [5.41, 5.74) is 7.88. The maximum Gasteiger partial charge on any atom is 0.281 e. The molecule has 2 aromatic rings. The lowest BCUT2D eigenvalue weighted by atomic mass is 10.1. The van der Waals surface area contributed by atoms with E-state index in [0.717, 1.165) is 6.21 Å². The van der Waals surface area contributed by atoms with Gasteiger partial charge in [0.05, 0.1) is 11.1 Å². The molecule has 0 atom stereocenters. The Kier molecular flexibility index (Phi) is 3.89. The van der Waals surface area contributed by atoms with Crippen LogP contribution in [0.1, 0.15) is 11.1 Å². The molecule has 0 aliphatic rings. The fraction of sp³-hybridized carbons (Fsp3) is 0.0909. The third-order valence-corrected chi connectivity index (χ3v) is 3.09. The molecule has 0 aliphatic heterocycles. The number of aryl methyl sites for hydroxylation is 1. The van der Waals surface area contributed by atoms with Gasteiger partial charge < -0.3 is 5.73 Å². The van der Waals surface area contributed by atoms with Gasteiger partial charge in [-0.25, -0.2) is 9.37 Å². The number of hydrazone groups is 1. The number of nitrogen functional groups attached to an aromatic ring is 1. The van der Waals surface area contributed by atoms with Crippen LogP contribution in [0.5, 0.6) is 0 Å². The van der Waals surface area contributed by atoms with Crippen LogP contribution in [0.3, 0.4) is 0 Å². The van der Waals surface area contributed by atoms with Crippen LogP contribution in [0.2, 0.25) is 0 Å². The Hall–Kier alpha value is -2.55. The monoisotopic (exact) mass is 295 g/mol. The number of thiazole rings is 1. The number of rotatable bonds is 4. The summed E-state index contributed by atoms with van der Waals surface area (Å²) in [7, 11) is 0. The zero-order valence-electron chi connectivity index (χ0n) is 10.3. The summed E-state index contributed by atoms with van der Waals surface area (Å²) in [6, 6.07) is 2.49. The van der Waals surface area contributed by atoms with E-state index in [1.807, 2.05) is 0 Å². The molecule has 2 rings (SSSR count). The maximum atomic E-state index is 13.7. The predicted molar refractivity (Wildman–Crippen MR) is 75.5 cm³/mol. The normalized spacial score (nSPS) is 10.9. The Morgan fingerprint density at radius 3 is 2.95 bits per heavy atom. The molecule has 7 nitrogen and oxygen atoms in total. The van der Waals surface area contributed by atoms with E-state index in [9.17, 15) is 14.5 Å². The highest BCUT2D eigenvalue weighted by atomic mass is 32.1. The summed E-state index contributed by atoms with van der Waals surface area (Å²) < 4.78 is 13.7. The molecule has 0 saturated carbocycles. The first-order valence-electron chi connectivity index (χ1n) is 5.42. The quantitative estimate of drug-likeness (QED) is 0.512. The number of nitrogens with two attached hydrogens (primary N) is 1. The van der Waals surface area contributed by atoms with Crippen molar-refractivity contribution in [1.29, 1.82) is 0 Å². The van der Waals surface area contributed by atoms with Crippen molar-refractivity contribution in [2.75, 3.05) is 11.2 Å². The molecule has 9 heteroatoms. The van der Waals surface area contributed by atoms with Gasteiger partial charge in [0.25, 0.3) is 5.69 Å². The standard InChI is InChI=1S/C11H10FN5O2S/c1-6-2-8(12)7(9(3-6)17(18)19)4-14-16-11-15-10(13)5-20-11/h2-5H,13H2,1H3,(H,15,16). The maximum absolute atomic E-state index is 13.7. The van der Waals surface area contributed by atoms with Gasteiger partial charge in [-0.1, -0.05) is 0 Å². The minimum Gasteiger partial charge on any atom is -0.383 e. The van der Waals surface area contributed by atoms with Crippen molar-refractivity contribution in [2.45, 2.75) is 6.92 Å². The van der Waals surface area contributed by atoms with Crippen LogP contribution in [0.15, 0.2) is 22.6 Å². The van der Waals surface area contributed by atoms with Crippen molar-refractivity contribution >= 4 is 34.2 Å². The molecule has 1 aromatic heterocycles. The lowest BCUT2D eigenvalue weighted by Gasteiger charge is -2.01. The van der Waals surface area contributed by atoms with Gasteiger partial charge in [-0.05, 0) is 18.6 Å². The van der Waals surface area contributed by atoms with E-state index < -0.39 is 10.7 Å². The summed E-state index contributed by atoms with van der Waals surface area (Å²) >= 11 is 1.21. The van der Waals surface area contributed by atoms with Gasteiger partial charge in [0.2, 0.25) is 5.13 Å². The second-order valence-electron chi connectivity index (χ2n) is 3.88. The van der Waals surface area contributed by atoms with Gasteiger partial charge in [0.15, 0.2) is 0 Å². The van der Waals surface area contributed by atoms with Crippen LogP contribution in [-0.2, 0) is 0 Å². The number of anilines is 2. The minimum absolute atomic E-state index is 0.197. The van der Waals surface area contributed by atoms with Gasteiger partial charge in [-0.15, -0.1) is 11.3 Å². The summed E-state index contributed by atoms with van der Waals surface area (Å²) in [6.45, 7) is 1.58. The highest BCUT2D eigenvalue weighted by molar-refractivity contribution is 7.14. The smallest absolute Gasteiger partial charge is 0.281 e. The molecule has 0 bridgehead atoms. The van der Waals surface area contributed by atoms with Gasteiger partial charge >= 0.3 is 0 Å². The Bertz CT molecular complexity index is 685. The number of hydrogen-bond donors (Lipinski definition) is 2. The Balaban J connectivity index is 2.26. The van der Waals surface area contributed by atoms with Crippen molar-refractivity contribution < 1.29 is 9.31 Å². The minimum atomic E-state index is -0.707. The fourth-order valence-electron chi connectivity index (χ4n) is 1.50. The molecule has 104 valence electrons. The molecule has 20 heavy (non-hydrogen) atoms. The molecule has 0 unspecified atom stereocenters. The number of nitrogens with zero attached hydrogens (tertiary/aromatic N) is 3. The van der Waals surface area contributed by atoms with Crippen molar-refractivity contribution in [3.63, 3.8) is 0 Å². The first-order chi connectivity index (χ1) is 9.47. The van der Waals surface area contributed by atoms with E-state index in [2.05, 4.69) is 15.5 Å². The number of nitro benzene ring substituents is 1. The lowest BCUT2D eigenvalue weighted by molar-refractivity contribution is -0.385. The Labute approximate surface area is 117 Å². The van der Waals surface area contributed by atoms with Crippen molar-refractivity contribution in [3.05, 3.63) is 44.6 Å². The summed E-state index contributed by atoms with van der Waals surface area (Å²) in [6.07, 6.45) is 1.05. The van der Waals surface area contributed by atoms with Crippen molar-refractivity contribution in [3.8, 4) is 0 Å². The van der Waals surface area contributed by atoms with Crippen LogP contribution in [-0.4, -0.2) is 16.1 Å². The van der Waals surface area contributed by atoms with E-state index in [4.69, 9.17) is 5.73 Å². The van der Waals surface area contributed by atoms with Gasteiger partial charge in [-0.3, -0.25) is 15.5 Å². The fourth-order valence-corrected chi connectivity index (χ4v) is 2.05. The second kappa shape index (κ2) is 5.61. The van der Waals surface area contributed by atoms with Crippen LogP contribution in [0, 0.1) is 22.9 Å². The van der Waals surface area contributed by atoms with Crippen molar-refractivity contribution in [1.82, 2.24) is 4.98 Å². The van der Waals surface area contributed by atoms with Gasteiger partial charge in [0, 0.05) is 11.4 Å². The molecule has 3 N–H and O–H groups in total. The third kappa shape index (κ3) is 3.06. The number of hydrogen-bond acceptors (Lipinski definition) is 7. The molecule has 0 aliphatic carbocycles. The number of benzene rings is 1. The zero-order chi connectivity index (χ0) is 14.7. The molecular weight excluding hydrogens is 285 g/mol. The first-order valence-corrected chi connectivity index (χ1v) is 6.30. The van der Waals surface area contributed by atoms with E-state index in [1.165, 1.54) is 23.5 Å². The number of nitro groups is 1. The molecule has 0 radical (unpaired) electrons. The average Bonchev–Trinajstić information content (AvgIpc) is 2.77. The van der Waals surface area contributed by atoms with E-state index in [0.29, 0.717) is 16.5 Å². The largest absolute Gasteiger partial charge is 0.383 e. The van der Waals surface area contributed by atoms with E-state index >= 15 is 0 Å². The summed E-state index contributed by atoms with van der Waals surface area (Å²) in [5.74, 6) is -0.374. The van der Waals surface area contributed by atoms with Crippen LogP contribution in [0.25, 0.3) is 0 Å². The molecule has 0 saturated heterocycles. The summed E-state index contributed by atoms with van der Waals surface area (Å²) in [4.78, 5) is 14.1. The third-order valence-electron chi connectivity index (χ3n) is 2.32. The molecule has 1 aromatic carbocycles. The Morgan fingerprint density at radius 1 is 1.60 bits per heavy atom. The second-order valence-corrected chi connectivity index (χ2v) is 4.74. The van der Waals surface area contributed by atoms with E-state index in [1.54, 1.807) is 12.3 Å². The predicted octanol–water partition coefficient (Wildman–Crippen LogP) is 2.53. The first kappa shape index (κ1) is 13.9. The van der Waals surface area contributed by atoms with Crippen LogP contribution in [0.4, 0.5) is 21.0 Å². The Morgan fingerprint density at radius 2 is 2.35 bits per heavy atom. The zero-order valence-corrected chi connectivity index (χ0v) is 11.1. The molecule has 0 spiro atoms. The molecule has 0 fully saturated rings. The highest BCUT2D eigenvalue weighted by Gasteiger charge is 2.17. The van der Waals surface area contributed by atoms with Gasteiger partial charge in [-0.2, -0.15) is 5.10 Å². The number of nitrogens with one attached hydrogen (secondary N) is 1. The number of aromatic nitrogens is 1. The average molecular weight is 295 g/mol. The lowest BCUT2D eigenvalue weighted by Crippen LogP contribution is -2.00. The molecule has 1 heterocycles. The molecular formula is C11H10FN5O2S. The number of halogens is 1. The topological polar surface area (TPSA) is 106 Å². The van der Waals surface area contributed by atoms with Gasteiger partial charge in [0.1, 0.15) is 17.2 Å². The SMILES string of the molecule is Cc1cc(F)c(C=NNc2nc(N)cs2)c([N+](=O)[O-])c1. The highest BCUT2D eigenvalue weighted by Crippen LogP contribution is 2.22. The van der Waals surface area contributed by atoms with Crippen LogP contribution >= 0.6 is 11.3 Å². The summed E-state index contributed by atoms with van der Waals surface area (Å²) in [5, 5.41) is 16.6. The molecule has 0 amide bonds. The van der Waals surface area contributed by atoms with Crippen LogP contribution < -0.4 is 11.2 Å².